The number of nitrogens with two attached hydrogens (primary N) is 1. The predicted molar refractivity (Wildman–Crippen MR) is 80.3 cm³/mol. The molecule has 0 bridgehead atoms. The van der Waals surface area contributed by atoms with E-state index in [9.17, 15) is 5.11 Å². The minimum absolute atomic E-state index is 0.0279. The lowest BCUT2D eigenvalue weighted by Gasteiger charge is -2.36. The van der Waals surface area contributed by atoms with E-state index in [1.807, 2.05) is 25.1 Å². The van der Waals surface area contributed by atoms with Crippen molar-refractivity contribution in [2.45, 2.75) is 37.6 Å². The van der Waals surface area contributed by atoms with Gasteiger partial charge in [-0.25, -0.2) is 0 Å². The van der Waals surface area contributed by atoms with E-state index in [2.05, 4.69) is 28.9 Å². The summed E-state index contributed by atoms with van der Waals surface area (Å²) < 4.78 is 0. The molecule has 4 atom stereocenters. The van der Waals surface area contributed by atoms with Crippen molar-refractivity contribution >= 4 is 0 Å². The zero-order valence-electron chi connectivity index (χ0n) is 12.6. The standard InChI is InChI=1S/C15H26N4O/c1-11(16)15(14-6-4-5-7-17-14)19-10-13(20)8-12(19)9-18(2)3/h4-7,11-13,15,20H,8-10,16H2,1-3H3. The third-order valence-electron chi connectivity index (χ3n) is 3.86. The number of aliphatic hydroxyl groups is 1. The Balaban J connectivity index is 2.23. The van der Waals surface area contributed by atoms with E-state index in [1.54, 1.807) is 6.20 Å². The molecule has 0 radical (unpaired) electrons. The van der Waals surface area contributed by atoms with Crippen LogP contribution in [-0.2, 0) is 0 Å². The maximum atomic E-state index is 10.0. The fraction of sp³-hybridized carbons (Fsp3) is 0.667. The molecule has 0 aromatic carbocycles. The van der Waals surface area contributed by atoms with Crippen LogP contribution in [0.25, 0.3) is 0 Å². The Morgan fingerprint density at radius 3 is 2.80 bits per heavy atom. The second kappa shape index (κ2) is 6.63. The lowest BCUT2D eigenvalue weighted by molar-refractivity contribution is 0.121. The summed E-state index contributed by atoms with van der Waals surface area (Å²) in [5, 5.41) is 10.0. The van der Waals surface area contributed by atoms with Gasteiger partial charge < -0.3 is 15.7 Å². The van der Waals surface area contributed by atoms with Crippen LogP contribution in [0, 0.1) is 0 Å². The minimum Gasteiger partial charge on any atom is -0.392 e. The van der Waals surface area contributed by atoms with E-state index in [0.29, 0.717) is 12.6 Å². The van der Waals surface area contributed by atoms with Crippen molar-refractivity contribution in [1.82, 2.24) is 14.8 Å². The number of hydrogen-bond donors (Lipinski definition) is 2. The first kappa shape index (κ1) is 15.4. The first-order valence-corrected chi connectivity index (χ1v) is 7.24. The second-order valence-corrected chi connectivity index (χ2v) is 6.06. The quantitative estimate of drug-likeness (QED) is 0.819. The molecule has 112 valence electrons. The molecule has 0 amide bonds. The molecule has 1 aromatic heterocycles. The Hall–Kier alpha value is -1.01. The van der Waals surface area contributed by atoms with Crippen molar-refractivity contribution in [2.75, 3.05) is 27.2 Å². The lowest BCUT2D eigenvalue weighted by Crippen LogP contribution is -2.46. The molecule has 1 aliphatic heterocycles. The van der Waals surface area contributed by atoms with Crippen LogP contribution in [0.2, 0.25) is 0 Å². The number of pyridine rings is 1. The molecule has 5 nitrogen and oxygen atoms in total. The Morgan fingerprint density at radius 1 is 1.50 bits per heavy atom. The Kier molecular flexibility index (Phi) is 5.10. The third kappa shape index (κ3) is 3.55. The molecule has 4 unspecified atom stereocenters. The lowest BCUT2D eigenvalue weighted by atomic mass is 10.0. The highest BCUT2D eigenvalue weighted by molar-refractivity contribution is 5.13. The van der Waals surface area contributed by atoms with Crippen molar-refractivity contribution in [1.29, 1.82) is 0 Å². The highest BCUT2D eigenvalue weighted by atomic mass is 16.3. The van der Waals surface area contributed by atoms with Gasteiger partial charge in [-0.15, -0.1) is 0 Å². The van der Waals surface area contributed by atoms with Gasteiger partial charge in [-0.05, 0) is 39.6 Å². The molecule has 1 aromatic rings. The van der Waals surface area contributed by atoms with Gasteiger partial charge in [0.2, 0.25) is 0 Å². The van der Waals surface area contributed by atoms with Crippen LogP contribution < -0.4 is 5.73 Å². The molecule has 3 N–H and O–H groups in total. The van der Waals surface area contributed by atoms with Gasteiger partial charge in [0.1, 0.15) is 0 Å². The van der Waals surface area contributed by atoms with E-state index in [0.717, 1.165) is 18.7 Å². The second-order valence-electron chi connectivity index (χ2n) is 6.06. The van der Waals surface area contributed by atoms with Crippen LogP contribution in [0.3, 0.4) is 0 Å². The third-order valence-corrected chi connectivity index (χ3v) is 3.86. The summed E-state index contributed by atoms with van der Waals surface area (Å²) in [7, 11) is 4.12. The molecule has 5 heteroatoms. The number of β-amino-alcohol motifs (C(OH)–C–C–N with tert-alkyl or cyclic N) is 1. The maximum absolute atomic E-state index is 10.0. The van der Waals surface area contributed by atoms with Crippen LogP contribution in [0.1, 0.15) is 25.1 Å². The molecule has 1 fully saturated rings. The first-order valence-electron chi connectivity index (χ1n) is 7.24. The Labute approximate surface area is 121 Å². The molecular weight excluding hydrogens is 252 g/mol. The zero-order chi connectivity index (χ0) is 14.7. The van der Waals surface area contributed by atoms with Crippen LogP contribution in [0.15, 0.2) is 24.4 Å². The number of hydrogen-bond acceptors (Lipinski definition) is 5. The van der Waals surface area contributed by atoms with Gasteiger partial charge in [0.05, 0.1) is 17.8 Å². The number of likely N-dealkylation sites (N-methyl/N-ethyl adjacent to an activating group) is 1. The molecule has 20 heavy (non-hydrogen) atoms. The van der Waals surface area contributed by atoms with Gasteiger partial charge in [-0.1, -0.05) is 6.07 Å². The number of rotatable bonds is 5. The van der Waals surface area contributed by atoms with Gasteiger partial charge >= 0.3 is 0 Å². The fourth-order valence-electron chi connectivity index (χ4n) is 3.15. The number of aliphatic hydroxyl groups excluding tert-OH is 1. The average Bonchev–Trinajstić information content (AvgIpc) is 2.70. The van der Waals surface area contributed by atoms with E-state index < -0.39 is 0 Å². The normalized spacial score (nSPS) is 26.9. The molecule has 1 saturated heterocycles. The van der Waals surface area contributed by atoms with Gasteiger partial charge in [-0.3, -0.25) is 9.88 Å². The largest absolute Gasteiger partial charge is 0.392 e. The zero-order valence-corrected chi connectivity index (χ0v) is 12.6. The molecular formula is C15H26N4O. The summed E-state index contributed by atoms with van der Waals surface area (Å²) in [5.74, 6) is 0. The monoisotopic (exact) mass is 278 g/mol. The highest BCUT2D eigenvalue weighted by Gasteiger charge is 2.38. The number of likely N-dealkylation sites (tertiary alicyclic amines) is 1. The van der Waals surface area contributed by atoms with Crippen LogP contribution >= 0.6 is 0 Å². The molecule has 0 aliphatic carbocycles. The van der Waals surface area contributed by atoms with Crippen molar-refractivity contribution in [2.24, 2.45) is 5.73 Å². The van der Waals surface area contributed by atoms with Crippen LogP contribution in [0.5, 0.6) is 0 Å². The predicted octanol–water partition coefficient (Wildman–Crippen LogP) is 0.467. The molecule has 0 saturated carbocycles. The molecule has 0 spiro atoms. The van der Waals surface area contributed by atoms with Gasteiger partial charge in [0.15, 0.2) is 0 Å². The van der Waals surface area contributed by atoms with Gasteiger partial charge in [0, 0.05) is 31.4 Å². The minimum atomic E-state index is -0.273. The van der Waals surface area contributed by atoms with Crippen molar-refractivity contribution < 1.29 is 5.11 Å². The topological polar surface area (TPSA) is 65.6 Å². The Bertz CT molecular complexity index is 410. The summed E-state index contributed by atoms with van der Waals surface area (Å²) in [4.78, 5) is 8.94. The van der Waals surface area contributed by atoms with Crippen LogP contribution in [-0.4, -0.2) is 65.3 Å². The molecule has 1 aliphatic rings. The van der Waals surface area contributed by atoms with E-state index >= 15 is 0 Å². The number of nitrogens with zero attached hydrogens (tertiary/aromatic N) is 3. The molecule has 2 heterocycles. The molecule has 2 rings (SSSR count). The van der Waals surface area contributed by atoms with Gasteiger partial charge in [0.25, 0.3) is 0 Å². The fourth-order valence-corrected chi connectivity index (χ4v) is 3.15. The Morgan fingerprint density at radius 2 is 2.25 bits per heavy atom. The summed E-state index contributed by atoms with van der Waals surface area (Å²) in [6.45, 7) is 3.60. The SMILES string of the molecule is CC(N)C(c1ccccn1)N1CC(O)CC1CN(C)C. The number of aromatic nitrogens is 1. The van der Waals surface area contributed by atoms with Gasteiger partial charge in [-0.2, -0.15) is 0 Å². The summed E-state index contributed by atoms with van der Waals surface area (Å²) in [5.41, 5.74) is 7.20. The van der Waals surface area contributed by atoms with E-state index in [-0.39, 0.29) is 18.2 Å². The maximum Gasteiger partial charge on any atom is 0.0682 e. The van der Waals surface area contributed by atoms with Crippen LogP contribution in [0.4, 0.5) is 0 Å². The van der Waals surface area contributed by atoms with Crippen molar-refractivity contribution in [3.8, 4) is 0 Å². The first-order chi connectivity index (χ1) is 9.49. The summed E-state index contributed by atoms with van der Waals surface area (Å²) >= 11 is 0. The average molecular weight is 278 g/mol. The van der Waals surface area contributed by atoms with Crippen molar-refractivity contribution in [3.05, 3.63) is 30.1 Å². The summed E-state index contributed by atoms with van der Waals surface area (Å²) in [6, 6.07) is 6.27. The van der Waals surface area contributed by atoms with E-state index in [1.165, 1.54) is 0 Å². The van der Waals surface area contributed by atoms with E-state index in [4.69, 9.17) is 5.73 Å². The summed E-state index contributed by atoms with van der Waals surface area (Å²) in [6.07, 6.45) is 2.33. The highest BCUT2D eigenvalue weighted by Crippen LogP contribution is 2.30. The van der Waals surface area contributed by atoms with Crippen molar-refractivity contribution in [3.63, 3.8) is 0 Å². The smallest absolute Gasteiger partial charge is 0.0682 e.